The molecule has 19 heavy (non-hydrogen) atoms. The van der Waals surface area contributed by atoms with Crippen LogP contribution in [0.4, 0.5) is 5.69 Å². The zero-order valence-corrected chi connectivity index (χ0v) is 11.9. The minimum atomic E-state index is -0.0443. The normalized spacial score (nSPS) is 10.4. The third-order valence-electron chi connectivity index (χ3n) is 2.56. The average Bonchev–Trinajstić information content (AvgIpc) is 2.78. The van der Waals surface area contributed by atoms with Gasteiger partial charge in [0.2, 0.25) is 5.91 Å². The zero-order chi connectivity index (χ0) is 13.7. The number of aromatic nitrogens is 1. The average molecular weight is 275 g/mol. The summed E-state index contributed by atoms with van der Waals surface area (Å²) in [5.74, 6) is -0.0443. The number of hydrogen-bond donors (Lipinski definition) is 2. The SMILES string of the molecule is Cc1ccc(NC(=O)CNCc2nc(C)cs2)cc1. The lowest BCUT2D eigenvalue weighted by Gasteiger charge is -2.06. The molecule has 0 aliphatic carbocycles. The molecule has 100 valence electrons. The molecule has 0 atom stereocenters. The van der Waals surface area contributed by atoms with Gasteiger partial charge in [0, 0.05) is 23.3 Å². The molecule has 5 heteroatoms. The first kappa shape index (κ1) is 13.7. The standard InChI is InChI=1S/C14H17N3OS/c1-10-3-5-12(6-4-10)17-13(18)7-15-8-14-16-11(2)9-19-14/h3-6,9,15H,7-8H2,1-2H3,(H,17,18). The number of carbonyl (C=O) groups excluding carboxylic acids is 1. The molecule has 2 rings (SSSR count). The maximum Gasteiger partial charge on any atom is 0.238 e. The van der Waals surface area contributed by atoms with Crippen molar-refractivity contribution in [1.29, 1.82) is 0 Å². The van der Waals surface area contributed by atoms with Crippen molar-refractivity contribution in [1.82, 2.24) is 10.3 Å². The summed E-state index contributed by atoms with van der Waals surface area (Å²) in [4.78, 5) is 16.0. The quantitative estimate of drug-likeness (QED) is 0.881. The van der Waals surface area contributed by atoms with Crippen LogP contribution in [-0.2, 0) is 11.3 Å². The Balaban J connectivity index is 1.74. The number of hydrogen-bond acceptors (Lipinski definition) is 4. The van der Waals surface area contributed by atoms with E-state index in [-0.39, 0.29) is 12.5 Å². The van der Waals surface area contributed by atoms with Gasteiger partial charge in [0.05, 0.1) is 6.54 Å². The lowest BCUT2D eigenvalue weighted by molar-refractivity contribution is -0.115. The van der Waals surface area contributed by atoms with E-state index in [9.17, 15) is 4.79 Å². The van der Waals surface area contributed by atoms with Crippen molar-refractivity contribution < 1.29 is 4.79 Å². The Morgan fingerprint density at radius 2 is 2.00 bits per heavy atom. The van der Waals surface area contributed by atoms with E-state index >= 15 is 0 Å². The van der Waals surface area contributed by atoms with Crippen LogP contribution in [0.2, 0.25) is 0 Å². The fraction of sp³-hybridized carbons (Fsp3) is 0.286. The second-order valence-corrected chi connectivity index (χ2v) is 5.34. The number of carbonyl (C=O) groups is 1. The molecule has 0 saturated carbocycles. The maximum atomic E-state index is 11.7. The summed E-state index contributed by atoms with van der Waals surface area (Å²) in [6.07, 6.45) is 0. The topological polar surface area (TPSA) is 54.0 Å². The van der Waals surface area contributed by atoms with E-state index in [1.165, 1.54) is 5.56 Å². The van der Waals surface area contributed by atoms with E-state index in [4.69, 9.17) is 0 Å². The Morgan fingerprint density at radius 1 is 1.26 bits per heavy atom. The zero-order valence-electron chi connectivity index (χ0n) is 11.1. The van der Waals surface area contributed by atoms with Gasteiger partial charge in [-0.1, -0.05) is 17.7 Å². The van der Waals surface area contributed by atoms with E-state index in [1.807, 2.05) is 43.5 Å². The van der Waals surface area contributed by atoms with Gasteiger partial charge in [0.1, 0.15) is 5.01 Å². The molecule has 0 radical (unpaired) electrons. The Morgan fingerprint density at radius 3 is 2.63 bits per heavy atom. The van der Waals surface area contributed by atoms with Crippen LogP contribution in [0.3, 0.4) is 0 Å². The molecular formula is C14H17N3OS. The molecule has 0 aliphatic rings. The first-order valence-corrected chi connectivity index (χ1v) is 7.00. The van der Waals surface area contributed by atoms with Crippen LogP contribution in [0.15, 0.2) is 29.6 Å². The summed E-state index contributed by atoms with van der Waals surface area (Å²) < 4.78 is 0. The monoisotopic (exact) mass is 275 g/mol. The number of nitrogens with zero attached hydrogens (tertiary/aromatic N) is 1. The molecule has 2 aromatic rings. The fourth-order valence-electron chi connectivity index (χ4n) is 1.61. The van der Waals surface area contributed by atoms with E-state index < -0.39 is 0 Å². The lowest BCUT2D eigenvalue weighted by atomic mass is 10.2. The minimum Gasteiger partial charge on any atom is -0.325 e. The fourth-order valence-corrected chi connectivity index (χ4v) is 2.35. The summed E-state index contributed by atoms with van der Waals surface area (Å²) in [7, 11) is 0. The highest BCUT2D eigenvalue weighted by atomic mass is 32.1. The molecule has 1 amide bonds. The van der Waals surface area contributed by atoms with Gasteiger partial charge >= 0.3 is 0 Å². The van der Waals surface area contributed by atoms with E-state index in [1.54, 1.807) is 11.3 Å². The summed E-state index contributed by atoms with van der Waals surface area (Å²) >= 11 is 1.60. The third kappa shape index (κ3) is 4.46. The van der Waals surface area contributed by atoms with E-state index in [0.29, 0.717) is 6.54 Å². The Labute approximate surface area is 116 Å². The predicted octanol–water partition coefficient (Wildman–Crippen LogP) is 2.49. The number of amides is 1. The van der Waals surface area contributed by atoms with Crippen LogP contribution < -0.4 is 10.6 Å². The summed E-state index contributed by atoms with van der Waals surface area (Å²) in [5.41, 5.74) is 3.02. The minimum absolute atomic E-state index is 0.0443. The maximum absolute atomic E-state index is 11.7. The van der Waals surface area contributed by atoms with Gasteiger partial charge in [-0.2, -0.15) is 0 Å². The molecule has 0 fully saturated rings. The molecule has 1 aromatic heterocycles. The summed E-state index contributed by atoms with van der Waals surface area (Å²) in [6, 6.07) is 7.75. The molecule has 0 aliphatic heterocycles. The Kier molecular flexibility index (Phi) is 4.65. The second-order valence-electron chi connectivity index (χ2n) is 4.40. The predicted molar refractivity (Wildman–Crippen MR) is 78.4 cm³/mol. The van der Waals surface area contributed by atoms with Gasteiger partial charge in [-0.3, -0.25) is 4.79 Å². The van der Waals surface area contributed by atoms with Gasteiger partial charge in [-0.25, -0.2) is 4.98 Å². The molecular weight excluding hydrogens is 258 g/mol. The highest BCUT2D eigenvalue weighted by Crippen LogP contribution is 2.09. The van der Waals surface area contributed by atoms with Crippen molar-refractivity contribution in [3.8, 4) is 0 Å². The lowest BCUT2D eigenvalue weighted by Crippen LogP contribution is -2.27. The number of rotatable bonds is 5. The number of aryl methyl sites for hydroxylation is 2. The largest absolute Gasteiger partial charge is 0.325 e. The molecule has 1 heterocycles. The Hall–Kier alpha value is -1.72. The van der Waals surface area contributed by atoms with Crippen molar-refractivity contribution in [3.63, 3.8) is 0 Å². The smallest absolute Gasteiger partial charge is 0.238 e. The van der Waals surface area contributed by atoms with Crippen LogP contribution in [-0.4, -0.2) is 17.4 Å². The van der Waals surface area contributed by atoms with Gasteiger partial charge in [-0.15, -0.1) is 11.3 Å². The molecule has 0 saturated heterocycles. The van der Waals surface area contributed by atoms with Gasteiger partial charge in [0.25, 0.3) is 0 Å². The number of thiazole rings is 1. The highest BCUT2D eigenvalue weighted by molar-refractivity contribution is 7.09. The highest BCUT2D eigenvalue weighted by Gasteiger charge is 2.03. The van der Waals surface area contributed by atoms with Crippen molar-refractivity contribution >= 4 is 22.9 Å². The molecule has 0 bridgehead atoms. The van der Waals surface area contributed by atoms with Crippen LogP contribution in [0.25, 0.3) is 0 Å². The first-order chi connectivity index (χ1) is 9.13. The molecule has 1 aromatic carbocycles. The Bertz CT molecular complexity index is 548. The number of anilines is 1. The van der Waals surface area contributed by atoms with Gasteiger partial charge < -0.3 is 10.6 Å². The second kappa shape index (κ2) is 6.45. The number of benzene rings is 1. The van der Waals surface area contributed by atoms with Crippen LogP contribution >= 0.6 is 11.3 Å². The summed E-state index contributed by atoms with van der Waals surface area (Å²) in [6.45, 7) is 4.89. The summed E-state index contributed by atoms with van der Waals surface area (Å²) in [5, 5.41) is 8.93. The molecule has 0 unspecified atom stereocenters. The van der Waals surface area contributed by atoms with E-state index in [0.717, 1.165) is 16.4 Å². The van der Waals surface area contributed by atoms with Crippen molar-refractivity contribution in [3.05, 3.63) is 45.9 Å². The van der Waals surface area contributed by atoms with Gasteiger partial charge in [-0.05, 0) is 26.0 Å². The van der Waals surface area contributed by atoms with Gasteiger partial charge in [0.15, 0.2) is 0 Å². The van der Waals surface area contributed by atoms with E-state index in [2.05, 4.69) is 15.6 Å². The van der Waals surface area contributed by atoms with Crippen LogP contribution in [0.5, 0.6) is 0 Å². The molecule has 0 spiro atoms. The van der Waals surface area contributed by atoms with Crippen molar-refractivity contribution in [2.24, 2.45) is 0 Å². The van der Waals surface area contributed by atoms with Crippen LogP contribution in [0.1, 0.15) is 16.3 Å². The van der Waals surface area contributed by atoms with Crippen molar-refractivity contribution in [2.75, 3.05) is 11.9 Å². The molecule has 2 N–H and O–H groups in total. The van der Waals surface area contributed by atoms with Crippen molar-refractivity contribution in [2.45, 2.75) is 20.4 Å². The first-order valence-electron chi connectivity index (χ1n) is 6.12. The third-order valence-corrected chi connectivity index (χ3v) is 3.53. The number of nitrogens with one attached hydrogen (secondary N) is 2. The van der Waals surface area contributed by atoms with Crippen LogP contribution in [0, 0.1) is 13.8 Å². The molecule has 4 nitrogen and oxygen atoms in total.